The van der Waals surface area contributed by atoms with Gasteiger partial charge in [-0.05, 0) is 36.8 Å². The van der Waals surface area contributed by atoms with Crippen molar-refractivity contribution in [2.45, 2.75) is 6.92 Å². The second-order valence-corrected chi connectivity index (χ2v) is 5.47. The van der Waals surface area contributed by atoms with Crippen LogP contribution in [0.5, 0.6) is 5.75 Å². The highest BCUT2D eigenvalue weighted by Crippen LogP contribution is 2.23. The Morgan fingerprint density at radius 3 is 2.63 bits per heavy atom. The highest BCUT2D eigenvalue weighted by molar-refractivity contribution is 9.10. The highest BCUT2D eigenvalue weighted by atomic mass is 79.9. The minimum atomic E-state index is -0.286. The minimum absolute atomic E-state index is 0.144. The smallest absolute Gasteiger partial charge is 0.255 e. The summed E-state index contributed by atoms with van der Waals surface area (Å²) in [5.74, 6) is -0.142. The summed E-state index contributed by atoms with van der Waals surface area (Å²) in [7, 11) is 0. The number of aryl methyl sites for hydroxylation is 1. The summed E-state index contributed by atoms with van der Waals surface area (Å²) >= 11 is 9.18. The lowest BCUT2D eigenvalue weighted by Gasteiger charge is -2.07. The third kappa shape index (κ3) is 3.49. The monoisotopic (exact) mass is 339 g/mol. The second-order valence-electron chi connectivity index (χ2n) is 4.11. The van der Waals surface area contributed by atoms with Crippen molar-refractivity contribution in [3.63, 3.8) is 0 Å². The number of hydrogen-bond donors (Lipinski definition) is 2. The van der Waals surface area contributed by atoms with E-state index in [1.807, 2.05) is 0 Å². The molecule has 5 heteroatoms. The van der Waals surface area contributed by atoms with Gasteiger partial charge >= 0.3 is 0 Å². The van der Waals surface area contributed by atoms with Crippen LogP contribution in [0.2, 0.25) is 5.02 Å². The van der Waals surface area contributed by atoms with Crippen molar-refractivity contribution in [1.82, 2.24) is 0 Å². The molecule has 2 N–H and O–H groups in total. The molecule has 2 aromatic carbocycles. The largest absolute Gasteiger partial charge is 0.508 e. The van der Waals surface area contributed by atoms with Crippen molar-refractivity contribution in [1.29, 1.82) is 0 Å². The summed E-state index contributed by atoms with van der Waals surface area (Å²) in [5, 5.41) is 12.8. The van der Waals surface area contributed by atoms with Crippen LogP contribution < -0.4 is 5.32 Å². The first kappa shape index (κ1) is 13.9. The van der Waals surface area contributed by atoms with Gasteiger partial charge in [0.2, 0.25) is 0 Å². The fraction of sp³-hybridized carbons (Fsp3) is 0.0714. The maximum absolute atomic E-state index is 12.0. The molecule has 2 rings (SSSR count). The quantitative estimate of drug-likeness (QED) is 0.853. The van der Waals surface area contributed by atoms with Crippen LogP contribution in [0.3, 0.4) is 0 Å². The lowest BCUT2D eigenvalue weighted by atomic mass is 10.2. The molecular formula is C14H11BrClNO2. The van der Waals surface area contributed by atoms with Crippen LogP contribution in [0, 0.1) is 6.92 Å². The number of hydrogen-bond acceptors (Lipinski definition) is 2. The van der Waals surface area contributed by atoms with Gasteiger partial charge in [0.15, 0.2) is 0 Å². The molecule has 0 fully saturated rings. The number of phenolic OH excluding ortho intramolecular Hbond substituents is 1. The highest BCUT2D eigenvalue weighted by Gasteiger charge is 2.09. The summed E-state index contributed by atoms with van der Waals surface area (Å²) in [5.41, 5.74) is 1.73. The van der Waals surface area contributed by atoms with E-state index in [1.54, 1.807) is 37.3 Å². The van der Waals surface area contributed by atoms with Crippen LogP contribution in [-0.4, -0.2) is 11.0 Å². The fourth-order valence-corrected chi connectivity index (χ4v) is 2.44. The predicted molar refractivity (Wildman–Crippen MR) is 79.9 cm³/mol. The minimum Gasteiger partial charge on any atom is -0.508 e. The number of halogens is 2. The van der Waals surface area contributed by atoms with Gasteiger partial charge in [-0.25, -0.2) is 0 Å². The van der Waals surface area contributed by atoms with Gasteiger partial charge in [-0.2, -0.15) is 0 Å². The van der Waals surface area contributed by atoms with Crippen molar-refractivity contribution < 1.29 is 9.90 Å². The maximum atomic E-state index is 12.0. The Bertz CT molecular complexity index is 623. The molecule has 0 saturated carbocycles. The van der Waals surface area contributed by atoms with E-state index in [0.29, 0.717) is 16.3 Å². The van der Waals surface area contributed by atoms with E-state index >= 15 is 0 Å². The predicted octanol–water partition coefficient (Wildman–Crippen LogP) is 4.37. The number of phenols is 1. The topological polar surface area (TPSA) is 49.3 Å². The van der Waals surface area contributed by atoms with E-state index in [9.17, 15) is 9.90 Å². The zero-order valence-electron chi connectivity index (χ0n) is 10.1. The molecule has 0 unspecified atom stereocenters. The van der Waals surface area contributed by atoms with Gasteiger partial charge in [-0.15, -0.1) is 0 Å². The molecule has 0 aliphatic carbocycles. The normalized spacial score (nSPS) is 10.3. The van der Waals surface area contributed by atoms with E-state index in [0.717, 1.165) is 10.0 Å². The summed E-state index contributed by atoms with van der Waals surface area (Å²) in [4.78, 5) is 12.0. The number of carbonyl (C=O) groups is 1. The third-order valence-corrected chi connectivity index (χ3v) is 3.27. The molecule has 0 aliphatic rings. The van der Waals surface area contributed by atoms with Crippen molar-refractivity contribution in [3.05, 3.63) is 57.0 Å². The summed E-state index contributed by atoms with van der Waals surface area (Å²) in [6.45, 7) is 1.79. The molecule has 0 aliphatic heterocycles. The van der Waals surface area contributed by atoms with E-state index in [4.69, 9.17) is 11.6 Å². The van der Waals surface area contributed by atoms with Crippen LogP contribution in [0.15, 0.2) is 40.9 Å². The van der Waals surface area contributed by atoms with Gasteiger partial charge < -0.3 is 10.4 Å². The SMILES string of the molecule is Cc1ccc(NC(=O)c2cc(Cl)cc(Br)c2)cc1O. The number of carbonyl (C=O) groups excluding carboxylic acids is 1. The third-order valence-electron chi connectivity index (χ3n) is 2.59. The first-order valence-electron chi connectivity index (χ1n) is 5.53. The molecule has 0 spiro atoms. The Morgan fingerprint density at radius 1 is 1.26 bits per heavy atom. The van der Waals surface area contributed by atoms with Gasteiger partial charge in [0.1, 0.15) is 5.75 Å². The standard InChI is InChI=1S/C14H11BrClNO2/c1-8-2-3-12(7-13(8)18)17-14(19)9-4-10(15)6-11(16)5-9/h2-7,18H,1H3,(H,17,19). The van der Waals surface area contributed by atoms with Crippen molar-refractivity contribution in [2.75, 3.05) is 5.32 Å². The molecule has 0 heterocycles. The van der Waals surface area contributed by atoms with E-state index in [1.165, 1.54) is 6.07 Å². The van der Waals surface area contributed by atoms with E-state index in [-0.39, 0.29) is 11.7 Å². The first-order chi connectivity index (χ1) is 8.95. The van der Waals surface area contributed by atoms with Crippen LogP contribution in [0.25, 0.3) is 0 Å². The molecule has 1 amide bonds. The maximum Gasteiger partial charge on any atom is 0.255 e. The molecule has 0 saturated heterocycles. The molecule has 0 aromatic heterocycles. The summed E-state index contributed by atoms with van der Waals surface area (Å²) in [6.07, 6.45) is 0. The average molecular weight is 341 g/mol. The Balaban J connectivity index is 2.22. The van der Waals surface area contributed by atoms with Gasteiger partial charge in [0, 0.05) is 26.8 Å². The number of anilines is 1. The molecule has 0 atom stereocenters. The van der Waals surface area contributed by atoms with Crippen molar-refractivity contribution >= 4 is 39.1 Å². The number of benzene rings is 2. The van der Waals surface area contributed by atoms with Gasteiger partial charge in [-0.3, -0.25) is 4.79 Å². The number of aromatic hydroxyl groups is 1. The van der Waals surface area contributed by atoms with Crippen molar-refractivity contribution in [2.24, 2.45) is 0 Å². The Kier molecular flexibility index (Phi) is 4.12. The van der Waals surface area contributed by atoms with Crippen LogP contribution >= 0.6 is 27.5 Å². The van der Waals surface area contributed by atoms with Gasteiger partial charge in [0.25, 0.3) is 5.91 Å². The Morgan fingerprint density at radius 2 is 2.00 bits per heavy atom. The first-order valence-corrected chi connectivity index (χ1v) is 6.70. The molecule has 0 bridgehead atoms. The van der Waals surface area contributed by atoms with Crippen LogP contribution in [0.1, 0.15) is 15.9 Å². The lowest BCUT2D eigenvalue weighted by molar-refractivity contribution is 0.102. The Labute approximate surface area is 124 Å². The van der Waals surface area contributed by atoms with Crippen molar-refractivity contribution in [3.8, 4) is 5.75 Å². The molecular weight excluding hydrogens is 330 g/mol. The number of rotatable bonds is 2. The summed E-state index contributed by atoms with van der Waals surface area (Å²) < 4.78 is 0.733. The zero-order valence-corrected chi connectivity index (χ0v) is 12.4. The van der Waals surface area contributed by atoms with Gasteiger partial charge in [0.05, 0.1) is 0 Å². The average Bonchev–Trinajstić information content (AvgIpc) is 2.32. The molecule has 2 aromatic rings. The number of amides is 1. The molecule has 3 nitrogen and oxygen atoms in total. The second kappa shape index (κ2) is 5.63. The Hall–Kier alpha value is -1.52. The van der Waals surface area contributed by atoms with E-state index < -0.39 is 0 Å². The lowest BCUT2D eigenvalue weighted by Crippen LogP contribution is -2.11. The number of nitrogens with one attached hydrogen (secondary N) is 1. The van der Waals surface area contributed by atoms with Gasteiger partial charge in [-0.1, -0.05) is 33.6 Å². The zero-order chi connectivity index (χ0) is 14.0. The summed E-state index contributed by atoms with van der Waals surface area (Å²) in [6, 6.07) is 9.93. The van der Waals surface area contributed by atoms with Crippen LogP contribution in [-0.2, 0) is 0 Å². The van der Waals surface area contributed by atoms with E-state index in [2.05, 4.69) is 21.2 Å². The molecule has 98 valence electrons. The fourth-order valence-electron chi connectivity index (χ4n) is 1.58. The van der Waals surface area contributed by atoms with Crippen LogP contribution in [0.4, 0.5) is 5.69 Å². The molecule has 0 radical (unpaired) electrons. The molecule has 19 heavy (non-hydrogen) atoms.